The first kappa shape index (κ1) is 14.2. The predicted octanol–water partition coefficient (Wildman–Crippen LogP) is 1.19. The molecule has 1 aliphatic rings. The molecule has 2 atom stereocenters. The van der Waals surface area contributed by atoms with Gasteiger partial charge in [0.25, 0.3) is 5.91 Å². The van der Waals surface area contributed by atoms with E-state index in [0.29, 0.717) is 17.1 Å². The summed E-state index contributed by atoms with van der Waals surface area (Å²) in [5.74, 6) is -0.691. The van der Waals surface area contributed by atoms with Crippen LogP contribution in [-0.2, 0) is 4.79 Å². The Bertz CT molecular complexity index is 464. The number of nitrogens with one attached hydrogen (secondary N) is 2. The van der Waals surface area contributed by atoms with Gasteiger partial charge >= 0.3 is 0 Å². The number of aliphatic hydroxyl groups is 1. The summed E-state index contributed by atoms with van der Waals surface area (Å²) in [7, 11) is 0. The lowest BCUT2D eigenvalue weighted by molar-refractivity contribution is -0.132. The van der Waals surface area contributed by atoms with E-state index in [1.165, 1.54) is 0 Å². The van der Waals surface area contributed by atoms with Crippen LogP contribution in [0.15, 0.2) is 24.3 Å². The van der Waals surface area contributed by atoms with Crippen LogP contribution in [0.25, 0.3) is 0 Å². The van der Waals surface area contributed by atoms with Crippen LogP contribution in [-0.4, -0.2) is 36.3 Å². The third-order valence-electron chi connectivity index (χ3n) is 3.23. The Labute approximate surface area is 116 Å². The van der Waals surface area contributed by atoms with Crippen LogP contribution in [0.3, 0.4) is 0 Å². The lowest BCUT2D eigenvalue weighted by Gasteiger charge is -2.19. The number of carbonyl (C=O) groups is 1. The van der Waals surface area contributed by atoms with Crippen molar-refractivity contribution in [2.75, 3.05) is 19.6 Å². The van der Waals surface area contributed by atoms with Crippen molar-refractivity contribution in [2.24, 2.45) is 0 Å². The summed E-state index contributed by atoms with van der Waals surface area (Å²) < 4.78 is 14.1. The molecule has 6 heteroatoms. The predicted molar refractivity (Wildman–Crippen MR) is 70.7 cm³/mol. The molecule has 0 aromatic heterocycles. The fourth-order valence-electron chi connectivity index (χ4n) is 2.06. The third kappa shape index (κ3) is 3.23. The Morgan fingerprint density at radius 1 is 1.58 bits per heavy atom. The molecule has 0 unspecified atom stereocenters. The topological polar surface area (TPSA) is 61.4 Å². The summed E-state index contributed by atoms with van der Waals surface area (Å²) in [4.78, 5) is 11.7. The van der Waals surface area contributed by atoms with E-state index < -0.39 is 17.7 Å². The molecule has 1 aliphatic heterocycles. The van der Waals surface area contributed by atoms with E-state index in [0.717, 1.165) is 0 Å². The molecule has 0 bridgehead atoms. The van der Waals surface area contributed by atoms with Crippen LogP contribution in [0.4, 0.5) is 4.39 Å². The number of hydrogen-bond donors (Lipinski definition) is 3. The van der Waals surface area contributed by atoms with E-state index in [1.807, 2.05) is 0 Å². The maximum absolute atomic E-state index is 14.1. The molecule has 0 radical (unpaired) electrons. The van der Waals surface area contributed by atoms with Gasteiger partial charge in [-0.25, -0.2) is 4.39 Å². The quantitative estimate of drug-likeness (QED) is 0.779. The standard InChI is InChI=1S/C13H16ClFN2O2/c14-10-4-2-1-3-9(10)11(18)7-17-12(19)13(15)5-6-16-8-13/h1-4,11,16,18H,5-8H2,(H,17,19)/t11-,13+/m1/s1. The largest absolute Gasteiger partial charge is 0.387 e. The van der Waals surface area contributed by atoms with Crippen LogP contribution >= 0.6 is 11.6 Å². The van der Waals surface area contributed by atoms with Crippen molar-refractivity contribution in [1.82, 2.24) is 10.6 Å². The first-order chi connectivity index (χ1) is 9.03. The van der Waals surface area contributed by atoms with Crippen LogP contribution in [0.5, 0.6) is 0 Å². The van der Waals surface area contributed by atoms with Crippen LogP contribution in [0.2, 0.25) is 5.02 Å². The van der Waals surface area contributed by atoms with Gasteiger partial charge in [0.05, 0.1) is 6.10 Å². The van der Waals surface area contributed by atoms with E-state index in [9.17, 15) is 14.3 Å². The maximum atomic E-state index is 14.1. The van der Waals surface area contributed by atoms with Gasteiger partial charge in [-0.2, -0.15) is 0 Å². The first-order valence-corrected chi connectivity index (χ1v) is 6.51. The zero-order valence-corrected chi connectivity index (χ0v) is 11.1. The number of rotatable bonds is 4. The molecule has 3 N–H and O–H groups in total. The summed E-state index contributed by atoms with van der Waals surface area (Å²) in [6.07, 6.45) is -0.795. The number of benzene rings is 1. The molecule has 0 aliphatic carbocycles. The molecule has 4 nitrogen and oxygen atoms in total. The van der Waals surface area contributed by atoms with Crippen molar-refractivity contribution in [3.05, 3.63) is 34.9 Å². The van der Waals surface area contributed by atoms with E-state index in [2.05, 4.69) is 10.6 Å². The van der Waals surface area contributed by atoms with Gasteiger partial charge in [0, 0.05) is 30.1 Å². The van der Waals surface area contributed by atoms with Gasteiger partial charge in [-0.05, 0) is 12.6 Å². The van der Waals surface area contributed by atoms with Crippen molar-refractivity contribution in [3.63, 3.8) is 0 Å². The van der Waals surface area contributed by atoms with E-state index in [1.54, 1.807) is 24.3 Å². The fraction of sp³-hybridized carbons (Fsp3) is 0.462. The van der Waals surface area contributed by atoms with E-state index in [4.69, 9.17) is 11.6 Å². The van der Waals surface area contributed by atoms with Crippen molar-refractivity contribution in [2.45, 2.75) is 18.2 Å². The second kappa shape index (κ2) is 5.86. The zero-order valence-electron chi connectivity index (χ0n) is 10.3. The van der Waals surface area contributed by atoms with Gasteiger partial charge in [-0.3, -0.25) is 4.79 Å². The van der Waals surface area contributed by atoms with Crippen molar-refractivity contribution in [3.8, 4) is 0 Å². The summed E-state index contributed by atoms with van der Waals surface area (Å²) in [5.41, 5.74) is -1.36. The molecule has 0 spiro atoms. The highest BCUT2D eigenvalue weighted by Crippen LogP contribution is 2.23. The van der Waals surface area contributed by atoms with E-state index >= 15 is 0 Å². The minimum Gasteiger partial charge on any atom is -0.387 e. The van der Waals surface area contributed by atoms with Crippen LogP contribution in [0, 0.1) is 0 Å². The summed E-state index contributed by atoms with van der Waals surface area (Å²) in [6.45, 7) is 0.437. The van der Waals surface area contributed by atoms with Gasteiger partial charge in [0.1, 0.15) is 0 Å². The molecule has 1 saturated heterocycles. The molecule has 1 amide bonds. The molecule has 1 heterocycles. The highest BCUT2D eigenvalue weighted by molar-refractivity contribution is 6.31. The van der Waals surface area contributed by atoms with Gasteiger partial charge < -0.3 is 15.7 Å². The number of carbonyl (C=O) groups excluding carboxylic acids is 1. The molecule has 1 aromatic rings. The minimum atomic E-state index is -1.87. The molecular weight excluding hydrogens is 271 g/mol. The highest BCUT2D eigenvalue weighted by atomic mass is 35.5. The fourth-order valence-corrected chi connectivity index (χ4v) is 2.32. The minimum absolute atomic E-state index is 0.0149. The zero-order chi connectivity index (χ0) is 13.9. The molecule has 1 fully saturated rings. The summed E-state index contributed by atoms with van der Waals surface area (Å²) in [6, 6.07) is 6.81. The monoisotopic (exact) mass is 286 g/mol. The Morgan fingerprint density at radius 3 is 2.95 bits per heavy atom. The van der Waals surface area contributed by atoms with Crippen LogP contribution in [0.1, 0.15) is 18.1 Å². The molecule has 2 rings (SSSR count). The van der Waals surface area contributed by atoms with Gasteiger partial charge in [0.15, 0.2) is 0 Å². The average Bonchev–Trinajstić information content (AvgIpc) is 2.84. The van der Waals surface area contributed by atoms with Crippen molar-refractivity contribution < 1.29 is 14.3 Å². The van der Waals surface area contributed by atoms with Gasteiger partial charge in [-0.1, -0.05) is 29.8 Å². The molecule has 19 heavy (non-hydrogen) atoms. The smallest absolute Gasteiger partial charge is 0.259 e. The Balaban J connectivity index is 1.92. The third-order valence-corrected chi connectivity index (χ3v) is 3.57. The highest BCUT2D eigenvalue weighted by Gasteiger charge is 2.41. The molecule has 104 valence electrons. The lowest BCUT2D eigenvalue weighted by atomic mass is 10.0. The van der Waals surface area contributed by atoms with Crippen molar-refractivity contribution >= 4 is 17.5 Å². The molecular formula is C13H16ClFN2O2. The molecule has 1 aromatic carbocycles. The van der Waals surface area contributed by atoms with Gasteiger partial charge in [-0.15, -0.1) is 0 Å². The Hall–Kier alpha value is -1.17. The normalized spacial score (nSPS) is 24.2. The second-order valence-corrected chi connectivity index (χ2v) is 5.05. The summed E-state index contributed by atoms with van der Waals surface area (Å²) >= 11 is 5.93. The first-order valence-electron chi connectivity index (χ1n) is 6.13. The Morgan fingerprint density at radius 2 is 2.32 bits per heavy atom. The average molecular weight is 287 g/mol. The maximum Gasteiger partial charge on any atom is 0.259 e. The molecule has 0 saturated carbocycles. The number of hydrogen-bond acceptors (Lipinski definition) is 3. The van der Waals surface area contributed by atoms with E-state index in [-0.39, 0.29) is 19.5 Å². The second-order valence-electron chi connectivity index (χ2n) is 4.64. The van der Waals surface area contributed by atoms with Gasteiger partial charge in [0.2, 0.25) is 5.67 Å². The van der Waals surface area contributed by atoms with Crippen LogP contribution < -0.4 is 10.6 Å². The summed E-state index contributed by atoms with van der Waals surface area (Å²) in [5, 5.41) is 15.6. The lowest BCUT2D eigenvalue weighted by Crippen LogP contribution is -2.46. The number of amides is 1. The number of aliphatic hydroxyl groups excluding tert-OH is 1. The van der Waals surface area contributed by atoms with Crippen molar-refractivity contribution in [1.29, 1.82) is 0 Å². The number of alkyl halides is 1. The Kier molecular flexibility index (Phi) is 4.39. The SMILES string of the molecule is O=C(NC[C@@H](O)c1ccccc1Cl)[C@]1(F)CCNC1. The number of halogens is 2.